The van der Waals surface area contributed by atoms with Gasteiger partial charge in [-0.3, -0.25) is 14.5 Å². The standard InChI is InChI=1S/C29H32ClFN4O4/c1-19-17-33(18-20-5-8-22(31)9-6-20)13-14-34(19)26(36)10-7-21-15-25(39-2)23(30)16-24(21)35-27(37)29(32-28(35)38)11-3-4-12-29/h5-10,15-16,19H,3-4,11-14,17-18H2,1-2H3,(H,32,38). The summed E-state index contributed by atoms with van der Waals surface area (Å²) in [5.41, 5.74) is 0.940. The number of urea groups is 1. The minimum Gasteiger partial charge on any atom is -0.495 e. The third kappa shape index (κ3) is 5.38. The summed E-state index contributed by atoms with van der Waals surface area (Å²) >= 11 is 6.39. The van der Waals surface area contributed by atoms with E-state index in [-0.39, 0.29) is 28.7 Å². The maximum atomic E-state index is 13.4. The van der Waals surface area contributed by atoms with Crippen molar-refractivity contribution in [3.8, 4) is 5.75 Å². The summed E-state index contributed by atoms with van der Waals surface area (Å²) in [6.07, 6.45) is 6.02. The number of nitrogens with one attached hydrogen (secondary N) is 1. The molecule has 206 valence electrons. The lowest BCUT2D eigenvalue weighted by Crippen LogP contribution is -2.53. The molecule has 2 heterocycles. The van der Waals surface area contributed by atoms with Crippen LogP contribution >= 0.6 is 11.6 Å². The number of hydrogen-bond donors (Lipinski definition) is 1. The lowest BCUT2D eigenvalue weighted by Gasteiger charge is -2.39. The van der Waals surface area contributed by atoms with Crippen LogP contribution in [0.1, 0.15) is 43.7 Å². The zero-order valence-corrected chi connectivity index (χ0v) is 22.8. The number of carbonyl (C=O) groups excluding carboxylic acids is 3. The van der Waals surface area contributed by atoms with Crippen LogP contribution < -0.4 is 15.0 Å². The van der Waals surface area contributed by atoms with Crippen molar-refractivity contribution in [2.45, 2.75) is 50.7 Å². The summed E-state index contributed by atoms with van der Waals surface area (Å²) < 4.78 is 18.6. The molecule has 4 amide bonds. The van der Waals surface area contributed by atoms with Crippen LogP contribution in [-0.2, 0) is 16.1 Å². The minimum atomic E-state index is -0.872. The van der Waals surface area contributed by atoms with Crippen LogP contribution in [0.3, 0.4) is 0 Å². The minimum absolute atomic E-state index is 0.0382. The Morgan fingerprint density at radius 1 is 1.18 bits per heavy atom. The molecule has 1 N–H and O–H groups in total. The predicted octanol–water partition coefficient (Wildman–Crippen LogP) is 4.60. The molecular weight excluding hydrogens is 523 g/mol. The second-order valence-corrected chi connectivity index (χ2v) is 10.9. The number of rotatable bonds is 6. The number of amides is 4. The number of ether oxygens (including phenoxy) is 1. The van der Waals surface area contributed by atoms with E-state index in [2.05, 4.69) is 10.2 Å². The Labute approximate surface area is 232 Å². The predicted molar refractivity (Wildman–Crippen MR) is 147 cm³/mol. The maximum Gasteiger partial charge on any atom is 0.329 e. The molecule has 2 saturated heterocycles. The Morgan fingerprint density at radius 2 is 1.90 bits per heavy atom. The fraction of sp³-hybridized carbons (Fsp3) is 0.414. The number of methoxy groups -OCH3 is 1. The highest BCUT2D eigenvalue weighted by atomic mass is 35.5. The zero-order chi connectivity index (χ0) is 27.7. The molecular formula is C29H32ClFN4O4. The van der Waals surface area contributed by atoms with E-state index >= 15 is 0 Å². The summed E-state index contributed by atoms with van der Waals surface area (Å²) in [4.78, 5) is 44.8. The Hall–Kier alpha value is -3.43. The number of nitrogens with zero attached hydrogens (tertiary/aromatic N) is 3. The Bertz CT molecular complexity index is 1310. The number of benzene rings is 2. The monoisotopic (exact) mass is 554 g/mol. The average Bonchev–Trinajstić information content (AvgIpc) is 3.48. The molecule has 1 aliphatic carbocycles. The van der Waals surface area contributed by atoms with E-state index in [9.17, 15) is 18.8 Å². The second-order valence-electron chi connectivity index (χ2n) is 10.5. The van der Waals surface area contributed by atoms with Gasteiger partial charge in [-0.05, 0) is 55.7 Å². The fourth-order valence-corrected chi connectivity index (χ4v) is 6.04. The molecule has 5 rings (SSSR count). The molecule has 2 aliphatic heterocycles. The number of piperazine rings is 1. The van der Waals surface area contributed by atoms with Crippen LogP contribution in [0.5, 0.6) is 5.75 Å². The Kier molecular flexibility index (Phi) is 7.64. The van der Waals surface area contributed by atoms with Crippen LogP contribution in [0.15, 0.2) is 42.5 Å². The maximum absolute atomic E-state index is 13.4. The van der Waals surface area contributed by atoms with E-state index in [1.54, 1.807) is 29.2 Å². The van der Waals surface area contributed by atoms with Gasteiger partial charge in [-0.1, -0.05) is 36.6 Å². The van der Waals surface area contributed by atoms with Gasteiger partial charge < -0.3 is 15.0 Å². The number of anilines is 1. The third-order valence-electron chi connectivity index (χ3n) is 7.88. The molecule has 10 heteroatoms. The normalized spacial score (nSPS) is 21.3. The topological polar surface area (TPSA) is 82.2 Å². The van der Waals surface area contributed by atoms with E-state index in [4.69, 9.17) is 16.3 Å². The van der Waals surface area contributed by atoms with Gasteiger partial charge >= 0.3 is 6.03 Å². The molecule has 1 unspecified atom stereocenters. The Balaban J connectivity index is 1.33. The SMILES string of the molecule is COc1cc(C=CC(=O)N2CCN(Cc3ccc(F)cc3)CC2C)c(N2C(=O)NC3(CCCC3)C2=O)cc1Cl. The van der Waals surface area contributed by atoms with E-state index in [1.165, 1.54) is 31.4 Å². The summed E-state index contributed by atoms with van der Waals surface area (Å²) in [5.74, 6) is -0.354. The highest BCUT2D eigenvalue weighted by Gasteiger charge is 2.53. The van der Waals surface area contributed by atoms with Crippen molar-refractivity contribution in [2.24, 2.45) is 0 Å². The lowest BCUT2D eigenvalue weighted by atomic mass is 9.97. The van der Waals surface area contributed by atoms with Gasteiger partial charge in [-0.2, -0.15) is 0 Å². The van der Waals surface area contributed by atoms with Crippen LogP contribution in [0.25, 0.3) is 6.08 Å². The van der Waals surface area contributed by atoms with Crippen molar-refractivity contribution in [3.05, 3.63) is 64.4 Å². The van der Waals surface area contributed by atoms with Gasteiger partial charge in [0.15, 0.2) is 0 Å². The molecule has 8 nitrogen and oxygen atoms in total. The van der Waals surface area contributed by atoms with Crippen LogP contribution in [0.4, 0.5) is 14.9 Å². The van der Waals surface area contributed by atoms with Crippen molar-refractivity contribution in [1.29, 1.82) is 0 Å². The van der Waals surface area contributed by atoms with Crippen LogP contribution in [-0.4, -0.2) is 66.0 Å². The quantitative estimate of drug-likeness (QED) is 0.417. The summed E-state index contributed by atoms with van der Waals surface area (Å²) in [5, 5.41) is 3.15. The first-order valence-corrected chi connectivity index (χ1v) is 13.6. The van der Waals surface area contributed by atoms with Gasteiger partial charge in [0.1, 0.15) is 17.1 Å². The van der Waals surface area contributed by atoms with E-state index in [0.717, 1.165) is 23.3 Å². The molecule has 1 saturated carbocycles. The van der Waals surface area contributed by atoms with Gasteiger partial charge in [0.2, 0.25) is 5.91 Å². The summed E-state index contributed by atoms with van der Waals surface area (Å²) in [6.45, 7) is 4.59. The molecule has 2 aromatic carbocycles. The molecule has 1 spiro atoms. The molecule has 0 aromatic heterocycles. The number of imide groups is 1. The van der Waals surface area contributed by atoms with Crippen molar-refractivity contribution >= 4 is 41.2 Å². The second kappa shape index (κ2) is 11.0. The summed E-state index contributed by atoms with van der Waals surface area (Å²) in [7, 11) is 1.48. The molecule has 3 aliphatic rings. The van der Waals surface area contributed by atoms with E-state index in [0.29, 0.717) is 56.0 Å². The highest BCUT2D eigenvalue weighted by molar-refractivity contribution is 6.33. The average molecular weight is 555 g/mol. The Morgan fingerprint density at radius 3 is 2.56 bits per heavy atom. The largest absolute Gasteiger partial charge is 0.495 e. The fourth-order valence-electron chi connectivity index (χ4n) is 5.81. The van der Waals surface area contributed by atoms with E-state index in [1.807, 2.05) is 6.92 Å². The van der Waals surface area contributed by atoms with Gasteiger partial charge in [-0.15, -0.1) is 0 Å². The molecule has 0 radical (unpaired) electrons. The van der Waals surface area contributed by atoms with E-state index < -0.39 is 11.6 Å². The number of halogens is 2. The van der Waals surface area contributed by atoms with Crippen molar-refractivity contribution in [3.63, 3.8) is 0 Å². The first-order valence-electron chi connectivity index (χ1n) is 13.2. The van der Waals surface area contributed by atoms with Gasteiger partial charge in [0.05, 0.1) is 17.8 Å². The number of hydrogen-bond acceptors (Lipinski definition) is 5. The smallest absolute Gasteiger partial charge is 0.329 e. The highest BCUT2D eigenvalue weighted by Crippen LogP contribution is 2.40. The molecule has 39 heavy (non-hydrogen) atoms. The van der Waals surface area contributed by atoms with Crippen molar-refractivity contribution in [1.82, 2.24) is 15.1 Å². The molecule has 3 fully saturated rings. The first-order chi connectivity index (χ1) is 18.7. The van der Waals surface area contributed by atoms with Crippen LogP contribution in [0.2, 0.25) is 5.02 Å². The van der Waals surface area contributed by atoms with Crippen LogP contribution in [0, 0.1) is 5.82 Å². The van der Waals surface area contributed by atoms with Gasteiger partial charge in [0, 0.05) is 43.9 Å². The van der Waals surface area contributed by atoms with Crippen molar-refractivity contribution in [2.75, 3.05) is 31.6 Å². The van der Waals surface area contributed by atoms with Gasteiger partial charge in [0.25, 0.3) is 5.91 Å². The molecule has 2 aromatic rings. The van der Waals surface area contributed by atoms with Gasteiger partial charge in [-0.25, -0.2) is 14.1 Å². The zero-order valence-electron chi connectivity index (χ0n) is 22.1. The summed E-state index contributed by atoms with van der Waals surface area (Å²) in [6, 6.07) is 9.10. The lowest BCUT2D eigenvalue weighted by molar-refractivity contribution is -0.130. The third-order valence-corrected chi connectivity index (χ3v) is 8.18. The number of carbonyl (C=O) groups is 3. The first kappa shape index (κ1) is 27.1. The molecule has 0 bridgehead atoms. The van der Waals surface area contributed by atoms with Crippen molar-refractivity contribution < 1.29 is 23.5 Å². The molecule has 1 atom stereocenters.